The van der Waals surface area contributed by atoms with Crippen molar-refractivity contribution < 1.29 is 4.74 Å². The second kappa shape index (κ2) is 12.1. The highest BCUT2D eigenvalue weighted by Crippen LogP contribution is 2.27. The van der Waals surface area contributed by atoms with Gasteiger partial charge in [0.05, 0.1) is 13.2 Å². The Morgan fingerprint density at radius 2 is 2.00 bits per heavy atom. The van der Waals surface area contributed by atoms with Gasteiger partial charge in [-0.2, -0.15) is 0 Å². The Hall–Kier alpha value is -1.88. The highest BCUT2D eigenvalue weighted by Gasteiger charge is 2.24. The third kappa shape index (κ3) is 6.31. The number of aromatic nitrogens is 3. The summed E-state index contributed by atoms with van der Waals surface area (Å²) in [5, 5.41) is 15.2. The van der Waals surface area contributed by atoms with Gasteiger partial charge in [0.1, 0.15) is 18.1 Å². The highest BCUT2D eigenvalue weighted by molar-refractivity contribution is 14.0. The molecule has 2 heterocycles. The molecule has 1 fully saturated rings. The van der Waals surface area contributed by atoms with E-state index < -0.39 is 0 Å². The summed E-state index contributed by atoms with van der Waals surface area (Å²) < 4.78 is 7.41. The first-order valence-electron chi connectivity index (χ1n) is 10.4. The van der Waals surface area contributed by atoms with Gasteiger partial charge in [-0.3, -0.25) is 4.90 Å². The van der Waals surface area contributed by atoms with Crippen molar-refractivity contribution in [1.29, 1.82) is 0 Å². The maximum Gasteiger partial charge on any atom is 0.191 e. The van der Waals surface area contributed by atoms with Crippen LogP contribution in [-0.2, 0) is 13.6 Å². The number of nitrogens with zero attached hydrogens (tertiary/aromatic N) is 5. The number of ether oxygens (including phenoxy) is 1. The fraction of sp³-hybridized carbons (Fsp3) is 0.571. The number of hydrogen-bond acceptors (Lipinski definition) is 5. The zero-order chi connectivity index (χ0) is 20.6. The molecule has 3 rings (SSSR count). The molecule has 1 saturated heterocycles. The zero-order valence-corrected chi connectivity index (χ0v) is 20.7. The Bertz CT molecular complexity index is 817. The Morgan fingerprint density at radius 1 is 1.23 bits per heavy atom. The van der Waals surface area contributed by atoms with Gasteiger partial charge < -0.3 is 19.9 Å². The lowest BCUT2D eigenvalue weighted by molar-refractivity contribution is 0.245. The van der Waals surface area contributed by atoms with Crippen molar-refractivity contribution in [2.45, 2.75) is 39.3 Å². The molecule has 0 aliphatic carbocycles. The maximum absolute atomic E-state index is 5.44. The molecule has 1 aromatic heterocycles. The number of guanidine groups is 1. The molecular weight excluding hydrogens is 493 g/mol. The summed E-state index contributed by atoms with van der Waals surface area (Å²) in [4.78, 5) is 7.25. The van der Waals surface area contributed by atoms with Crippen LogP contribution in [0.3, 0.4) is 0 Å². The van der Waals surface area contributed by atoms with Crippen LogP contribution in [0.2, 0.25) is 0 Å². The monoisotopic (exact) mass is 527 g/mol. The Labute approximate surface area is 196 Å². The van der Waals surface area contributed by atoms with E-state index in [0.29, 0.717) is 6.54 Å². The van der Waals surface area contributed by atoms with Crippen LogP contribution in [0.15, 0.2) is 29.3 Å². The van der Waals surface area contributed by atoms with Crippen molar-refractivity contribution in [3.05, 3.63) is 41.5 Å². The number of rotatable bonds is 8. The molecule has 0 saturated carbocycles. The van der Waals surface area contributed by atoms with E-state index in [4.69, 9.17) is 9.73 Å². The molecule has 2 aromatic rings. The maximum atomic E-state index is 5.44. The average molecular weight is 527 g/mol. The first kappa shape index (κ1) is 24.4. The lowest BCUT2D eigenvalue weighted by Gasteiger charge is -2.29. The van der Waals surface area contributed by atoms with Gasteiger partial charge in [-0.05, 0) is 57.5 Å². The second-order valence-corrected chi connectivity index (χ2v) is 7.33. The third-order valence-electron chi connectivity index (χ3n) is 5.43. The summed E-state index contributed by atoms with van der Waals surface area (Å²) in [6, 6.07) is 8.64. The molecular formula is C21H34IN7O. The molecule has 1 aromatic carbocycles. The Kier molecular flexibility index (Phi) is 9.83. The van der Waals surface area contributed by atoms with E-state index in [1.54, 1.807) is 7.11 Å². The van der Waals surface area contributed by atoms with Gasteiger partial charge in [0, 0.05) is 20.1 Å². The van der Waals surface area contributed by atoms with E-state index >= 15 is 0 Å². The standard InChI is InChI=1S/C21H33N7O.HI/c1-5-22-21(24-15-20-26-25-16(2)27(20)3)23-14-19(28-11-6-7-12-28)17-9-8-10-18(13-17)29-4;/h8-10,13,19H,5-7,11-12,14-15H2,1-4H3,(H2,22,23,24);1H. The van der Waals surface area contributed by atoms with Crippen LogP contribution in [-0.4, -0.2) is 58.9 Å². The number of benzene rings is 1. The van der Waals surface area contributed by atoms with Crippen LogP contribution < -0.4 is 15.4 Å². The molecule has 2 N–H and O–H groups in total. The van der Waals surface area contributed by atoms with Gasteiger partial charge >= 0.3 is 0 Å². The van der Waals surface area contributed by atoms with E-state index in [-0.39, 0.29) is 30.0 Å². The fourth-order valence-electron chi connectivity index (χ4n) is 3.63. The van der Waals surface area contributed by atoms with Gasteiger partial charge in [-0.1, -0.05) is 12.1 Å². The normalized spacial score (nSPS) is 15.5. The van der Waals surface area contributed by atoms with Crippen molar-refractivity contribution >= 4 is 29.9 Å². The molecule has 1 aliphatic rings. The zero-order valence-electron chi connectivity index (χ0n) is 18.4. The molecule has 0 radical (unpaired) electrons. The molecule has 0 bridgehead atoms. The third-order valence-corrected chi connectivity index (χ3v) is 5.43. The fourth-order valence-corrected chi connectivity index (χ4v) is 3.63. The van der Waals surface area contributed by atoms with E-state index in [9.17, 15) is 0 Å². The van der Waals surface area contributed by atoms with Crippen molar-refractivity contribution in [3.8, 4) is 5.75 Å². The van der Waals surface area contributed by atoms with Crippen molar-refractivity contribution in [3.63, 3.8) is 0 Å². The van der Waals surface area contributed by atoms with Gasteiger partial charge in [0.25, 0.3) is 0 Å². The molecule has 1 unspecified atom stereocenters. The number of hydrogen-bond donors (Lipinski definition) is 2. The number of halogens is 1. The molecule has 166 valence electrons. The van der Waals surface area contributed by atoms with Crippen LogP contribution in [0.1, 0.15) is 43.0 Å². The molecule has 8 nitrogen and oxygen atoms in total. The van der Waals surface area contributed by atoms with E-state index in [0.717, 1.165) is 49.5 Å². The lowest BCUT2D eigenvalue weighted by atomic mass is 10.1. The first-order chi connectivity index (χ1) is 14.1. The second-order valence-electron chi connectivity index (χ2n) is 7.33. The number of likely N-dealkylation sites (tertiary alicyclic amines) is 1. The first-order valence-corrected chi connectivity index (χ1v) is 10.4. The summed E-state index contributed by atoms with van der Waals surface area (Å²) in [7, 11) is 3.68. The van der Waals surface area contributed by atoms with E-state index in [2.05, 4.69) is 50.9 Å². The summed E-state index contributed by atoms with van der Waals surface area (Å²) in [5.41, 5.74) is 1.26. The minimum absolute atomic E-state index is 0. The van der Waals surface area contributed by atoms with Crippen LogP contribution in [0.4, 0.5) is 0 Å². The van der Waals surface area contributed by atoms with E-state index in [1.807, 2.05) is 24.6 Å². The quantitative estimate of drug-likeness (QED) is 0.312. The minimum atomic E-state index is 0. The molecule has 0 amide bonds. The SMILES string of the molecule is CCNC(=NCc1nnc(C)n1C)NCC(c1cccc(OC)c1)N1CCCC1.I. The van der Waals surface area contributed by atoms with E-state index in [1.165, 1.54) is 18.4 Å². The number of aryl methyl sites for hydroxylation is 1. The molecule has 0 spiro atoms. The summed E-state index contributed by atoms with van der Waals surface area (Å²) >= 11 is 0. The minimum Gasteiger partial charge on any atom is -0.497 e. The summed E-state index contributed by atoms with van der Waals surface area (Å²) in [6.45, 7) is 8.32. The van der Waals surface area contributed by atoms with Gasteiger partial charge in [0.2, 0.25) is 0 Å². The molecule has 1 aliphatic heterocycles. The summed E-state index contributed by atoms with van der Waals surface area (Å²) in [6.07, 6.45) is 2.50. The Morgan fingerprint density at radius 3 is 2.63 bits per heavy atom. The summed E-state index contributed by atoms with van der Waals surface area (Å²) in [5.74, 6) is 3.43. The van der Waals surface area contributed by atoms with Gasteiger partial charge in [-0.15, -0.1) is 34.2 Å². The number of methoxy groups -OCH3 is 1. The predicted octanol–water partition coefficient (Wildman–Crippen LogP) is 2.64. The molecule has 9 heteroatoms. The average Bonchev–Trinajstić information content (AvgIpc) is 3.38. The van der Waals surface area contributed by atoms with Crippen LogP contribution in [0, 0.1) is 6.92 Å². The smallest absolute Gasteiger partial charge is 0.191 e. The molecule has 1 atom stereocenters. The van der Waals surface area contributed by atoms with Crippen molar-refractivity contribution in [2.75, 3.05) is 33.3 Å². The predicted molar refractivity (Wildman–Crippen MR) is 131 cm³/mol. The van der Waals surface area contributed by atoms with Crippen LogP contribution in [0.25, 0.3) is 0 Å². The lowest BCUT2D eigenvalue weighted by Crippen LogP contribution is -2.42. The van der Waals surface area contributed by atoms with Crippen molar-refractivity contribution in [2.24, 2.45) is 12.0 Å². The van der Waals surface area contributed by atoms with Gasteiger partial charge in [-0.25, -0.2) is 4.99 Å². The molecule has 30 heavy (non-hydrogen) atoms. The highest BCUT2D eigenvalue weighted by atomic mass is 127. The van der Waals surface area contributed by atoms with Gasteiger partial charge in [0.15, 0.2) is 11.8 Å². The number of nitrogens with one attached hydrogen (secondary N) is 2. The Balaban J connectivity index is 0.00000320. The number of aliphatic imine (C=N–C) groups is 1. The van der Waals surface area contributed by atoms with Crippen molar-refractivity contribution in [1.82, 2.24) is 30.3 Å². The van der Waals surface area contributed by atoms with Crippen LogP contribution >= 0.6 is 24.0 Å². The topological polar surface area (TPSA) is 79.6 Å². The largest absolute Gasteiger partial charge is 0.497 e. The van der Waals surface area contributed by atoms with Crippen LogP contribution in [0.5, 0.6) is 5.75 Å².